The predicted octanol–water partition coefficient (Wildman–Crippen LogP) is 2.47. The fraction of sp³-hybridized carbons (Fsp3) is 0.333. The molecule has 0 radical (unpaired) electrons. The van der Waals surface area contributed by atoms with Crippen molar-refractivity contribution in [3.05, 3.63) is 50.1 Å². The minimum atomic E-state index is -3.55. The maximum atomic E-state index is 12.6. The zero-order chi connectivity index (χ0) is 21.7. The standard InChI is InChI=1S/C18H19Cl2N3O5S2/c19-15-11-14(17(20)29-15)18(25)22-21-16(24)6-3-12-1-4-13(5-2-12)30(26,27)23-7-9-28-10-8-23/h1-2,4-5,11H,3,6-10H2,(H,21,24)(H,22,25). The summed E-state index contributed by atoms with van der Waals surface area (Å²) in [5, 5.41) is 0. The number of aryl methyl sites for hydroxylation is 1. The lowest BCUT2D eigenvalue weighted by Gasteiger charge is -2.26. The molecule has 0 bridgehead atoms. The molecular formula is C18H19Cl2N3O5S2. The first-order chi connectivity index (χ1) is 14.3. The second-order valence-corrected chi connectivity index (χ2v) is 10.6. The average molecular weight is 492 g/mol. The maximum absolute atomic E-state index is 12.6. The van der Waals surface area contributed by atoms with Gasteiger partial charge in [-0.15, -0.1) is 11.3 Å². The van der Waals surface area contributed by atoms with Gasteiger partial charge in [-0.25, -0.2) is 8.42 Å². The molecule has 1 fully saturated rings. The van der Waals surface area contributed by atoms with Crippen LogP contribution in [0.1, 0.15) is 22.3 Å². The predicted molar refractivity (Wildman–Crippen MR) is 114 cm³/mol. The van der Waals surface area contributed by atoms with Crippen molar-refractivity contribution in [1.29, 1.82) is 0 Å². The van der Waals surface area contributed by atoms with E-state index >= 15 is 0 Å². The van der Waals surface area contributed by atoms with Crippen LogP contribution >= 0.6 is 34.5 Å². The van der Waals surface area contributed by atoms with Gasteiger partial charge in [0.1, 0.15) is 4.34 Å². The van der Waals surface area contributed by atoms with Crippen LogP contribution in [-0.4, -0.2) is 50.8 Å². The molecule has 2 amide bonds. The van der Waals surface area contributed by atoms with Crippen molar-refractivity contribution >= 4 is 56.4 Å². The molecule has 0 saturated carbocycles. The fourth-order valence-corrected chi connectivity index (χ4v) is 5.64. The van der Waals surface area contributed by atoms with Crippen LogP contribution in [-0.2, 0) is 26.0 Å². The van der Waals surface area contributed by atoms with Crippen molar-refractivity contribution in [2.24, 2.45) is 0 Å². The van der Waals surface area contributed by atoms with E-state index in [-0.39, 0.29) is 21.2 Å². The topological polar surface area (TPSA) is 105 Å². The number of halogens is 2. The van der Waals surface area contributed by atoms with Gasteiger partial charge in [0.2, 0.25) is 15.9 Å². The highest BCUT2D eigenvalue weighted by Crippen LogP contribution is 2.30. The number of nitrogens with one attached hydrogen (secondary N) is 2. The number of ether oxygens (including phenoxy) is 1. The van der Waals surface area contributed by atoms with E-state index in [1.54, 1.807) is 12.1 Å². The molecule has 2 N–H and O–H groups in total. The Labute approximate surface area is 188 Å². The van der Waals surface area contributed by atoms with E-state index < -0.39 is 21.8 Å². The lowest BCUT2D eigenvalue weighted by atomic mass is 10.1. The van der Waals surface area contributed by atoms with E-state index in [0.29, 0.717) is 37.1 Å². The summed E-state index contributed by atoms with van der Waals surface area (Å²) in [6.07, 6.45) is 0.485. The molecule has 3 rings (SSSR count). The lowest BCUT2D eigenvalue weighted by Crippen LogP contribution is -2.41. The molecule has 1 aromatic carbocycles. The van der Waals surface area contributed by atoms with Crippen LogP contribution < -0.4 is 10.9 Å². The second-order valence-electron chi connectivity index (χ2n) is 6.40. The number of carbonyl (C=O) groups is 2. The number of nitrogens with zero attached hydrogens (tertiary/aromatic N) is 1. The summed E-state index contributed by atoms with van der Waals surface area (Å²) in [4.78, 5) is 24.2. The Morgan fingerprint density at radius 1 is 1.10 bits per heavy atom. The number of thiophene rings is 1. The Balaban J connectivity index is 1.49. The SMILES string of the molecule is O=C(CCc1ccc(S(=O)(=O)N2CCOCC2)cc1)NNC(=O)c1cc(Cl)sc1Cl. The molecule has 1 saturated heterocycles. The van der Waals surface area contributed by atoms with Gasteiger partial charge in [-0.05, 0) is 30.2 Å². The molecule has 0 spiro atoms. The lowest BCUT2D eigenvalue weighted by molar-refractivity contribution is -0.121. The van der Waals surface area contributed by atoms with Crippen LogP contribution in [0.4, 0.5) is 0 Å². The normalized spacial score (nSPS) is 15.0. The first kappa shape index (κ1) is 23.0. The summed E-state index contributed by atoms with van der Waals surface area (Å²) in [7, 11) is -3.55. The third-order valence-corrected chi connectivity index (χ3v) is 7.79. The van der Waals surface area contributed by atoms with Gasteiger partial charge >= 0.3 is 0 Å². The van der Waals surface area contributed by atoms with Crippen LogP contribution in [0.2, 0.25) is 8.67 Å². The molecular weight excluding hydrogens is 473 g/mol. The van der Waals surface area contributed by atoms with Gasteiger partial charge < -0.3 is 4.74 Å². The van der Waals surface area contributed by atoms with Crippen molar-refractivity contribution in [1.82, 2.24) is 15.2 Å². The molecule has 30 heavy (non-hydrogen) atoms. The number of amides is 2. The number of carbonyl (C=O) groups excluding carboxylic acids is 2. The number of benzene rings is 1. The Kier molecular flexibility index (Phi) is 7.72. The first-order valence-corrected chi connectivity index (χ1v) is 12.0. The fourth-order valence-electron chi connectivity index (χ4n) is 2.77. The van der Waals surface area contributed by atoms with Gasteiger partial charge in [0.05, 0.1) is 28.0 Å². The maximum Gasteiger partial charge on any atom is 0.272 e. The molecule has 0 atom stereocenters. The van der Waals surface area contributed by atoms with Crippen molar-refractivity contribution in [3.63, 3.8) is 0 Å². The van der Waals surface area contributed by atoms with Crippen molar-refractivity contribution < 1.29 is 22.7 Å². The van der Waals surface area contributed by atoms with Crippen LogP contribution in [0, 0.1) is 0 Å². The number of rotatable bonds is 6. The van der Waals surface area contributed by atoms with E-state index in [2.05, 4.69) is 10.9 Å². The zero-order valence-corrected chi connectivity index (χ0v) is 18.8. The molecule has 1 aliphatic rings. The van der Waals surface area contributed by atoms with E-state index in [1.807, 2.05) is 0 Å². The van der Waals surface area contributed by atoms with E-state index in [9.17, 15) is 18.0 Å². The van der Waals surface area contributed by atoms with E-state index in [4.69, 9.17) is 27.9 Å². The van der Waals surface area contributed by atoms with Crippen LogP contribution in [0.5, 0.6) is 0 Å². The van der Waals surface area contributed by atoms with Crippen molar-refractivity contribution in [2.45, 2.75) is 17.7 Å². The molecule has 8 nitrogen and oxygen atoms in total. The Bertz CT molecular complexity index is 1020. The third-order valence-electron chi connectivity index (χ3n) is 4.39. The molecule has 1 aromatic heterocycles. The smallest absolute Gasteiger partial charge is 0.272 e. The molecule has 12 heteroatoms. The first-order valence-electron chi connectivity index (χ1n) is 8.98. The van der Waals surface area contributed by atoms with Crippen LogP contribution in [0.3, 0.4) is 0 Å². The summed E-state index contributed by atoms with van der Waals surface area (Å²) in [5.74, 6) is -0.958. The summed E-state index contributed by atoms with van der Waals surface area (Å²) >= 11 is 12.7. The number of hydrazine groups is 1. The Hall–Kier alpha value is -1.69. The quantitative estimate of drug-likeness (QED) is 0.603. The number of hydrogen-bond donors (Lipinski definition) is 2. The van der Waals surface area contributed by atoms with Gasteiger partial charge in [0.25, 0.3) is 5.91 Å². The summed E-state index contributed by atoms with van der Waals surface area (Å²) in [6, 6.07) is 7.82. The summed E-state index contributed by atoms with van der Waals surface area (Å²) in [5.41, 5.74) is 5.58. The highest BCUT2D eigenvalue weighted by atomic mass is 35.5. The monoisotopic (exact) mass is 491 g/mol. The average Bonchev–Trinajstić information content (AvgIpc) is 3.09. The van der Waals surface area contributed by atoms with Crippen molar-refractivity contribution in [3.8, 4) is 0 Å². The van der Waals surface area contributed by atoms with Gasteiger partial charge in [-0.3, -0.25) is 20.4 Å². The largest absolute Gasteiger partial charge is 0.379 e. The molecule has 0 unspecified atom stereocenters. The number of morpholine rings is 1. The summed E-state index contributed by atoms with van der Waals surface area (Å²) in [6.45, 7) is 1.43. The van der Waals surface area contributed by atoms with Gasteiger partial charge in [0.15, 0.2) is 0 Å². The molecule has 1 aliphatic heterocycles. The minimum Gasteiger partial charge on any atom is -0.379 e. The third kappa shape index (κ3) is 5.71. The van der Waals surface area contributed by atoms with Gasteiger partial charge in [-0.1, -0.05) is 35.3 Å². The highest BCUT2D eigenvalue weighted by molar-refractivity contribution is 7.89. The molecule has 162 valence electrons. The molecule has 0 aliphatic carbocycles. The Morgan fingerprint density at radius 3 is 2.37 bits per heavy atom. The second kappa shape index (κ2) is 10.1. The number of hydrogen-bond acceptors (Lipinski definition) is 6. The Morgan fingerprint density at radius 2 is 1.77 bits per heavy atom. The van der Waals surface area contributed by atoms with Gasteiger partial charge in [0, 0.05) is 19.5 Å². The van der Waals surface area contributed by atoms with E-state index in [0.717, 1.165) is 16.9 Å². The minimum absolute atomic E-state index is 0.105. The molecule has 2 aromatic rings. The number of sulfonamides is 1. The zero-order valence-electron chi connectivity index (χ0n) is 15.7. The van der Waals surface area contributed by atoms with Crippen molar-refractivity contribution in [2.75, 3.05) is 26.3 Å². The van der Waals surface area contributed by atoms with Gasteiger partial charge in [-0.2, -0.15) is 4.31 Å². The highest BCUT2D eigenvalue weighted by Gasteiger charge is 2.26. The summed E-state index contributed by atoms with van der Waals surface area (Å²) < 4.78 is 32.4. The van der Waals surface area contributed by atoms with Crippen LogP contribution in [0.25, 0.3) is 0 Å². The molecule has 2 heterocycles. The van der Waals surface area contributed by atoms with Crippen LogP contribution in [0.15, 0.2) is 35.2 Å². The van der Waals surface area contributed by atoms with E-state index in [1.165, 1.54) is 22.5 Å².